The number of aryl methyl sites for hydroxylation is 1. The molecular formula is C13H15FN2S. The second kappa shape index (κ2) is 4.45. The van der Waals surface area contributed by atoms with Crippen LogP contribution in [0.15, 0.2) is 23.8 Å². The molecule has 0 amide bonds. The number of allylic oxidation sites excluding steroid dienone is 2. The third-order valence-electron chi connectivity index (χ3n) is 2.74. The predicted molar refractivity (Wildman–Crippen MR) is 71.2 cm³/mol. The van der Waals surface area contributed by atoms with E-state index in [1.54, 1.807) is 6.92 Å². The Labute approximate surface area is 105 Å². The van der Waals surface area contributed by atoms with E-state index in [4.69, 9.17) is 12.2 Å². The number of benzene rings is 1. The molecule has 0 radical (unpaired) electrons. The summed E-state index contributed by atoms with van der Waals surface area (Å²) < 4.78 is 16.0. The van der Waals surface area contributed by atoms with E-state index in [9.17, 15) is 4.39 Å². The lowest BCUT2D eigenvalue weighted by molar-refractivity contribution is 0.620. The number of aromatic amines is 1. The molecule has 1 aromatic heterocycles. The van der Waals surface area contributed by atoms with E-state index in [0.29, 0.717) is 16.9 Å². The van der Waals surface area contributed by atoms with Gasteiger partial charge < -0.3 is 9.55 Å². The van der Waals surface area contributed by atoms with Crippen molar-refractivity contribution in [3.05, 3.63) is 39.9 Å². The van der Waals surface area contributed by atoms with Crippen LogP contribution in [0.4, 0.5) is 4.39 Å². The lowest BCUT2D eigenvalue weighted by Crippen LogP contribution is -1.96. The van der Waals surface area contributed by atoms with Crippen LogP contribution in [0.25, 0.3) is 11.0 Å². The number of nitrogens with one attached hydrogen (secondary N) is 1. The largest absolute Gasteiger partial charge is 0.330 e. The van der Waals surface area contributed by atoms with Crippen LogP contribution >= 0.6 is 12.2 Å². The standard InChI is InChI=1S/C13H15FN2S/c1-8(2)4-5-16-12-6-9(3)10(14)7-11(12)15-13(16)17/h4,6-7H,5H2,1-3H3,(H,15,17). The Morgan fingerprint density at radius 3 is 2.82 bits per heavy atom. The van der Waals surface area contributed by atoms with Crippen LogP contribution in [-0.2, 0) is 6.54 Å². The van der Waals surface area contributed by atoms with Crippen molar-refractivity contribution in [1.29, 1.82) is 0 Å². The minimum absolute atomic E-state index is 0.205. The third kappa shape index (κ3) is 2.31. The molecule has 1 heterocycles. The molecule has 17 heavy (non-hydrogen) atoms. The first-order valence-electron chi connectivity index (χ1n) is 5.51. The van der Waals surface area contributed by atoms with E-state index in [1.165, 1.54) is 11.6 Å². The van der Waals surface area contributed by atoms with E-state index < -0.39 is 0 Å². The molecule has 0 unspecified atom stereocenters. The fraction of sp³-hybridized carbons (Fsp3) is 0.308. The minimum atomic E-state index is -0.205. The normalized spacial score (nSPS) is 10.8. The molecule has 1 aromatic carbocycles. The van der Waals surface area contributed by atoms with Crippen molar-refractivity contribution < 1.29 is 4.39 Å². The van der Waals surface area contributed by atoms with Crippen molar-refractivity contribution in [2.75, 3.05) is 0 Å². The Kier molecular flexibility index (Phi) is 3.15. The van der Waals surface area contributed by atoms with Crippen LogP contribution in [0, 0.1) is 17.5 Å². The summed E-state index contributed by atoms with van der Waals surface area (Å²) >= 11 is 5.25. The van der Waals surface area contributed by atoms with Crippen molar-refractivity contribution >= 4 is 23.3 Å². The fourth-order valence-corrected chi connectivity index (χ4v) is 2.02. The van der Waals surface area contributed by atoms with Gasteiger partial charge in [-0.15, -0.1) is 0 Å². The van der Waals surface area contributed by atoms with Crippen LogP contribution in [0.3, 0.4) is 0 Å². The Hall–Kier alpha value is -1.42. The predicted octanol–water partition coefficient (Wildman–Crippen LogP) is 4.11. The number of imidazole rings is 1. The maximum atomic E-state index is 13.4. The molecule has 0 aliphatic heterocycles. The van der Waals surface area contributed by atoms with Gasteiger partial charge in [0.15, 0.2) is 4.77 Å². The molecule has 4 heteroatoms. The fourth-order valence-electron chi connectivity index (χ4n) is 1.74. The van der Waals surface area contributed by atoms with Gasteiger partial charge in [-0.25, -0.2) is 4.39 Å². The van der Waals surface area contributed by atoms with Gasteiger partial charge in [-0.1, -0.05) is 11.6 Å². The lowest BCUT2D eigenvalue weighted by atomic mass is 10.2. The second-order valence-electron chi connectivity index (χ2n) is 4.44. The molecule has 2 nitrogen and oxygen atoms in total. The van der Waals surface area contributed by atoms with Crippen LogP contribution < -0.4 is 0 Å². The van der Waals surface area contributed by atoms with Gasteiger partial charge in [0, 0.05) is 6.54 Å². The summed E-state index contributed by atoms with van der Waals surface area (Å²) in [7, 11) is 0. The molecule has 2 rings (SSSR count). The molecule has 2 aromatic rings. The van der Waals surface area contributed by atoms with Crippen molar-refractivity contribution in [2.45, 2.75) is 27.3 Å². The molecule has 0 bridgehead atoms. The Bertz CT molecular complexity index is 645. The number of rotatable bonds is 2. The first-order chi connectivity index (χ1) is 7.99. The summed E-state index contributed by atoms with van der Waals surface area (Å²) in [6.45, 7) is 6.56. The van der Waals surface area contributed by atoms with E-state index in [-0.39, 0.29) is 5.82 Å². The molecule has 0 spiro atoms. The lowest BCUT2D eigenvalue weighted by Gasteiger charge is -2.02. The van der Waals surface area contributed by atoms with Gasteiger partial charge in [0.25, 0.3) is 0 Å². The molecular weight excluding hydrogens is 235 g/mol. The molecule has 0 aliphatic carbocycles. The van der Waals surface area contributed by atoms with Gasteiger partial charge in [0.2, 0.25) is 0 Å². The molecule has 1 N–H and O–H groups in total. The highest BCUT2D eigenvalue weighted by atomic mass is 32.1. The topological polar surface area (TPSA) is 20.7 Å². The maximum absolute atomic E-state index is 13.4. The first-order valence-corrected chi connectivity index (χ1v) is 5.92. The highest BCUT2D eigenvalue weighted by molar-refractivity contribution is 7.71. The molecule has 0 aliphatic rings. The number of fused-ring (bicyclic) bond motifs is 1. The minimum Gasteiger partial charge on any atom is -0.330 e. The van der Waals surface area contributed by atoms with E-state index in [1.807, 2.05) is 24.5 Å². The quantitative estimate of drug-likeness (QED) is 0.628. The highest BCUT2D eigenvalue weighted by Gasteiger charge is 2.06. The average molecular weight is 250 g/mol. The van der Waals surface area contributed by atoms with Gasteiger partial charge in [0.05, 0.1) is 11.0 Å². The number of aromatic nitrogens is 2. The van der Waals surface area contributed by atoms with Gasteiger partial charge >= 0.3 is 0 Å². The number of hydrogen-bond acceptors (Lipinski definition) is 1. The zero-order chi connectivity index (χ0) is 12.6. The summed E-state index contributed by atoms with van der Waals surface area (Å²) in [5.41, 5.74) is 3.57. The summed E-state index contributed by atoms with van der Waals surface area (Å²) in [4.78, 5) is 3.03. The van der Waals surface area contributed by atoms with Crippen molar-refractivity contribution in [2.24, 2.45) is 0 Å². The van der Waals surface area contributed by atoms with Crippen LogP contribution in [0.2, 0.25) is 0 Å². The third-order valence-corrected chi connectivity index (χ3v) is 3.06. The average Bonchev–Trinajstić information content (AvgIpc) is 2.52. The highest BCUT2D eigenvalue weighted by Crippen LogP contribution is 2.19. The molecule has 0 fully saturated rings. The Morgan fingerprint density at radius 2 is 2.18 bits per heavy atom. The Morgan fingerprint density at radius 1 is 1.47 bits per heavy atom. The number of nitrogens with zero attached hydrogens (tertiary/aromatic N) is 1. The van der Waals surface area contributed by atoms with Crippen LogP contribution in [0.5, 0.6) is 0 Å². The van der Waals surface area contributed by atoms with Gasteiger partial charge in [0.1, 0.15) is 5.82 Å². The zero-order valence-corrected chi connectivity index (χ0v) is 11.0. The van der Waals surface area contributed by atoms with E-state index in [2.05, 4.69) is 11.1 Å². The summed E-state index contributed by atoms with van der Waals surface area (Å²) in [5, 5.41) is 0. The van der Waals surface area contributed by atoms with Crippen LogP contribution in [0.1, 0.15) is 19.4 Å². The van der Waals surface area contributed by atoms with Crippen LogP contribution in [-0.4, -0.2) is 9.55 Å². The number of halogens is 1. The molecule has 90 valence electrons. The van der Waals surface area contributed by atoms with Crippen molar-refractivity contribution in [3.8, 4) is 0 Å². The molecule has 0 atom stereocenters. The molecule has 0 saturated heterocycles. The van der Waals surface area contributed by atoms with Gasteiger partial charge in [-0.05, 0) is 50.7 Å². The smallest absolute Gasteiger partial charge is 0.178 e. The monoisotopic (exact) mass is 250 g/mol. The van der Waals surface area contributed by atoms with Crippen molar-refractivity contribution in [3.63, 3.8) is 0 Å². The Balaban J connectivity index is 2.63. The zero-order valence-electron chi connectivity index (χ0n) is 10.2. The summed E-state index contributed by atoms with van der Waals surface area (Å²) in [6.07, 6.45) is 2.10. The summed E-state index contributed by atoms with van der Waals surface area (Å²) in [6, 6.07) is 3.33. The number of H-pyrrole nitrogens is 1. The summed E-state index contributed by atoms with van der Waals surface area (Å²) in [5.74, 6) is -0.205. The SMILES string of the molecule is CC(C)=CCn1c(=S)[nH]c2cc(F)c(C)cc21. The first kappa shape index (κ1) is 12.0. The van der Waals surface area contributed by atoms with E-state index >= 15 is 0 Å². The maximum Gasteiger partial charge on any atom is 0.178 e. The van der Waals surface area contributed by atoms with Gasteiger partial charge in [-0.3, -0.25) is 0 Å². The van der Waals surface area contributed by atoms with Gasteiger partial charge in [-0.2, -0.15) is 0 Å². The number of hydrogen-bond donors (Lipinski definition) is 1. The van der Waals surface area contributed by atoms with E-state index in [0.717, 1.165) is 11.0 Å². The molecule has 0 saturated carbocycles. The second-order valence-corrected chi connectivity index (χ2v) is 4.83. The van der Waals surface area contributed by atoms with Crippen molar-refractivity contribution in [1.82, 2.24) is 9.55 Å².